The van der Waals surface area contributed by atoms with Crippen molar-refractivity contribution in [1.82, 2.24) is 5.32 Å². The van der Waals surface area contributed by atoms with Crippen LogP contribution in [0.5, 0.6) is 0 Å². The van der Waals surface area contributed by atoms with Crippen LogP contribution in [0, 0.1) is 0 Å². The molecule has 0 aromatic rings. The highest BCUT2D eigenvalue weighted by molar-refractivity contribution is 5.83. The minimum atomic E-state index is -0.720. The Balaban J connectivity index is 3.68. The summed E-state index contributed by atoms with van der Waals surface area (Å²) in [5.41, 5.74) is 4.88. The molecular formula is C7H12N2O3. The third-order valence-electron chi connectivity index (χ3n) is 1.09. The van der Waals surface area contributed by atoms with Crippen LogP contribution < -0.4 is 11.1 Å². The SMILES string of the molecule is C=CCOC(=O)N[C@@H](C)C(N)=O. The number of hydrogen-bond acceptors (Lipinski definition) is 3. The molecule has 0 saturated heterocycles. The predicted molar refractivity (Wildman–Crippen MR) is 43.3 cm³/mol. The maximum atomic E-state index is 10.7. The van der Waals surface area contributed by atoms with Crippen LogP contribution in [0.4, 0.5) is 4.79 Å². The van der Waals surface area contributed by atoms with Gasteiger partial charge in [-0.05, 0) is 6.92 Å². The summed E-state index contributed by atoms with van der Waals surface area (Å²) in [4.78, 5) is 21.2. The third kappa shape index (κ3) is 4.32. The van der Waals surface area contributed by atoms with Gasteiger partial charge < -0.3 is 15.8 Å². The maximum Gasteiger partial charge on any atom is 0.408 e. The first-order chi connectivity index (χ1) is 5.57. The number of alkyl carbamates (subject to hydrolysis) is 1. The van der Waals surface area contributed by atoms with E-state index in [2.05, 4.69) is 16.6 Å². The molecule has 0 saturated carbocycles. The van der Waals surface area contributed by atoms with Gasteiger partial charge in [0.1, 0.15) is 12.6 Å². The second kappa shape index (κ2) is 5.17. The minimum absolute atomic E-state index is 0.108. The fraction of sp³-hybridized carbons (Fsp3) is 0.429. The lowest BCUT2D eigenvalue weighted by Gasteiger charge is -2.08. The number of hydrogen-bond donors (Lipinski definition) is 2. The number of carbonyl (C=O) groups is 2. The Morgan fingerprint density at radius 2 is 2.33 bits per heavy atom. The van der Waals surface area contributed by atoms with Crippen molar-refractivity contribution in [2.24, 2.45) is 5.73 Å². The summed E-state index contributed by atoms with van der Waals surface area (Å²) in [6.45, 7) is 4.93. The fourth-order valence-electron chi connectivity index (χ4n) is 0.424. The average molecular weight is 172 g/mol. The van der Waals surface area contributed by atoms with Crippen LogP contribution in [-0.2, 0) is 9.53 Å². The van der Waals surface area contributed by atoms with Crippen molar-refractivity contribution in [3.8, 4) is 0 Å². The summed E-state index contributed by atoms with van der Waals surface area (Å²) in [6.07, 6.45) is 0.746. The maximum absolute atomic E-state index is 10.7. The molecule has 12 heavy (non-hydrogen) atoms. The van der Waals surface area contributed by atoms with Crippen molar-refractivity contribution in [2.45, 2.75) is 13.0 Å². The second-order valence-electron chi connectivity index (χ2n) is 2.16. The second-order valence-corrected chi connectivity index (χ2v) is 2.16. The molecule has 0 fully saturated rings. The van der Waals surface area contributed by atoms with E-state index in [1.54, 1.807) is 0 Å². The Morgan fingerprint density at radius 3 is 2.75 bits per heavy atom. The van der Waals surface area contributed by atoms with Crippen LogP contribution >= 0.6 is 0 Å². The number of ether oxygens (including phenoxy) is 1. The molecule has 1 atom stereocenters. The Morgan fingerprint density at radius 1 is 1.75 bits per heavy atom. The summed E-state index contributed by atoms with van der Waals surface area (Å²) in [5, 5.41) is 2.23. The van der Waals surface area contributed by atoms with Gasteiger partial charge in [-0.25, -0.2) is 4.79 Å². The topological polar surface area (TPSA) is 81.4 Å². The molecule has 0 spiro atoms. The molecule has 5 heteroatoms. The van der Waals surface area contributed by atoms with E-state index in [9.17, 15) is 9.59 Å². The standard InChI is InChI=1S/C7H12N2O3/c1-3-4-12-7(11)9-5(2)6(8)10/h3,5H,1,4H2,2H3,(H2,8,10)(H,9,11)/t5-/m0/s1. The predicted octanol–water partition coefficient (Wildman–Crippen LogP) is -0.228. The Bertz CT molecular complexity index is 191. The number of rotatable bonds is 4. The molecule has 0 heterocycles. The number of nitrogens with two attached hydrogens (primary N) is 1. The van der Waals surface area contributed by atoms with E-state index in [0.717, 1.165) is 0 Å². The van der Waals surface area contributed by atoms with Gasteiger partial charge in [-0.3, -0.25) is 4.79 Å². The zero-order valence-electron chi connectivity index (χ0n) is 6.87. The van der Waals surface area contributed by atoms with Crippen molar-refractivity contribution in [3.63, 3.8) is 0 Å². The van der Waals surface area contributed by atoms with Gasteiger partial charge >= 0.3 is 6.09 Å². The van der Waals surface area contributed by atoms with Gasteiger partial charge in [0.2, 0.25) is 5.91 Å². The summed E-state index contributed by atoms with van der Waals surface area (Å²) >= 11 is 0. The van der Waals surface area contributed by atoms with E-state index >= 15 is 0 Å². The average Bonchev–Trinajstić information content (AvgIpc) is 2.00. The molecule has 3 N–H and O–H groups in total. The van der Waals surface area contributed by atoms with Crippen LogP contribution in [-0.4, -0.2) is 24.6 Å². The number of primary amides is 1. The van der Waals surface area contributed by atoms with Crippen LogP contribution in [0.3, 0.4) is 0 Å². The molecule has 0 aliphatic heterocycles. The highest BCUT2D eigenvalue weighted by atomic mass is 16.5. The molecule has 0 rings (SSSR count). The molecule has 0 aliphatic carbocycles. The highest BCUT2D eigenvalue weighted by Crippen LogP contribution is 1.83. The fourth-order valence-corrected chi connectivity index (χ4v) is 0.424. The van der Waals surface area contributed by atoms with Crippen molar-refractivity contribution in [1.29, 1.82) is 0 Å². The molecule has 0 aromatic heterocycles. The van der Waals surface area contributed by atoms with Crippen LogP contribution in [0.2, 0.25) is 0 Å². The summed E-state index contributed by atoms with van der Waals surface area (Å²) in [6, 6.07) is -0.720. The van der Waals surface area contributed by atoms with Gasteiger partial charge in [0.25, 0.3) is 0 Å². The van der Waals surface area contributed by atoms with Gasteiger partial charge in [-0.15, -0.1) is 0 Å². The Kier molecular flexibility index (Phi) is 4.52. The van der Waals surface area contributed by atoms with Crippen molar-refractivity contribution in [3.05, 3.63) is 12.7 Å². The van der Waals surface area contributed by atoms with Gasteiger partial charge in [0.15, 0.2) is 0 Å². The first kappa shape index (κ1) is 10.5. The number of amides is 2. The summed E-state index contributed by atoms with van der Waals surface area (Å²) < 4.78 is 4.54. The van der Waals surface area contributed by atoms with Crippen molar-refractivity contribution >= 4 is 12.0 Å². The van der Waals surface area contributed by atoms with Gasteiger partial charge in [-0.1, -0.05) is 12.7 Å². The molecule has 0 aliphatic rings. The van der Waals surface area contributed by atoms with E-state index in [-0.39, 0.29) is 6.61 Å². The molecule has 0 unspecified atom stereocenters. The highest BCUT2D eigenvalue weighted by Gasteiger charge is 2.11. The smallest absolute Gasteiger partial charge is 0.408 e. The molecule has 0 bridgehead atoms. The number of carbonyl (C=O) groups excluding carboxylic acids is 2. The summed E-state index contributed by atoms with van der Waals surface area (Å²) in [5.74, 6) is -0.606. The van der Waals surface area contributed by atoms with Crippen LogP contribution in [0.25, 0.3) is 0 Å². The first-order valence-corrected chi connectivity index (χ1v) is 3.41. The van der Waals surface area contributed by atoms with E-state index in [1.165, 1.54) is 13.0 Å². The molecule has 0 aromatic carbocycles. The van der Waals surface area contributed by atoms with E-state index < -0.39 is 18.0 Å². The third-order valence-corrected chi connectivity index (χ3v) is 1.09. The number of nitrogens with one attached hydrogen (secondary N) is 1. The monoisotopic (exact) mass is 172 g/mol. The van der Waals surface area contributed by atoms with E-state index in [1.807, 2.05) is 0 Å². The molecule has 0 radical (unpaired) electrons. The normalized spacial score (nSPS) is 11.4. The molecule has 5 nitrogen and oxygen atoms in total. The van der Waals surface area contributed by atoms with E-state index in [4.69, 9.17) is 5.73 Å². The summed E-state index contributed by atoms with van der Waals surface area (Å²) in [7, 11) is 0. The van der Waals surface area contributed by atoms with Gasteiger partial charge in [0.05, 0.1) is 0 Å². The lowest BCUT2D eigenvalue weighted by atomic mass is 10.3. The van der Waals surface area contributed by atoms with Gasteiger partial charge in [-0.2, -0.15) is 0 Å². The molecule has 2 amide bonds. The lowest BCUT2D eigenvalue weighted by Crippen LogP contribution is -2.42. The van der Waals surface area contributed by atoms with Crippen molar-refractivity contribution < 1.29 is 14.3 Å². The quantitative estimate of drug-likeness (QED) is 0.575. The lowest BCUT2D eigenvalue weighted by molar-refractivity contribution is -0.119. The zero-order chi connectivity index (χ0) is 9.56. The molecular weight excluding hydrogens is 160 g/mol. The van der Waals surface area contributed by atoms with E-state index in [0.29, 0.717) is 0 Å². The minimum Gasteiger partial charge on any atom is -0.445 e. The Labute approximate surface area is 70.6 Å². The van der Waals surface area contributed by atoms with Crippen LogP contribution in [0.1, 0.15) is 6.92 Å². The van der Waals surface area contributed by atoms with Crippen molar-refractivity contribution in [2.75, 3.05) is 6.61 Å². The Hall–Kier alpha value is -1.52. The van der Waals surface area contributed by atoms with Gasteiger partial charge in [0, 0.05) is 0 Å². The largest absolute Gasteiger partial charge is 0.445 e. The first-order valence-electron chi connectivity index (χ1n) is 3.41. The zero-order valence-corrected chi connectivity index (χ0v) is 6.87. The van der Waals surface area contributed by atoms with Crippen LogP contribution in [0.15, 0.2) is 12.7 Å². The molecule has 68 valence electrons.